The van der Waals surface area contributed by atoms with Gasteiger partial charge in [-0.2, -0.15) is 35.9 Å². The third kappa shape index (κ3) is 16.7. The highest BCUT2D eigenvalue weighted by Crippen LogP contribution is 2.32. The van der Waals surface area contributed by atoms with Crippen molar-refractivity contribution in [3.63, 3.8) is 0 Å². The average Bonchev–Trinajstić information content (AvgIpc) is 3.14. The van der Waals surface area contributed by atoms with E-state index in [0.717, 1.165) is 41.7 Å². The molecule has 0 aliphatic carbocycles. The zero-order chi connectivity index (χ0) is 41.1. The van der Waals surface area contributed by atoms with Gasteiger partial charge in [-0.15, -0.1) is 0 Å². The Morgan fingerprint density at radius 1 is 0.509 bits per heavy atom. The van der Waals surface area contributed by atoms with Gasteiger partial charge in [-0.05, 0) is 77.3 Å². The SMILES string of the molecule is CC(C)(C)c1cc[c-]cc1.CCCC[N+](CCCC)(CCCC)C(CCC)C(CCC)OB(Oc1ccc(C(C)(C)C)cc1)Oc1ccc(C(C)(C)C)cc1. The molecule has 0 heterocycles. The van der Waals surface area contributed by atoms with E-state index in [2.05, 4.69) is 164 Å². The van der Waals surface area contributed by atoms with Gasteiger partial charge in [0.05, 0.1) is 25.7 Å². The molecule has 0 N–H and O–H groups in total. The first-order valence-corrected chi connectivity index (χ1v) is 22.0. The lowest BCUT2D eigenvalue weighted by atomic mass is 9.87. The average molecular weight is 756 g/mol. The molecule has 0 fully saturated rings. The number of benzene rings is 3. The van der Waals surface area contributed by atoms with Gasteiger partial charge in [0.15, 0.2) is 0 Å². The summed E-state index contributed by atoms with van der Waals surface area (Å²) in [5.74, 6) is 1.54. The maximum Gasteiger partial charge on any atom is 0.788 e. The minimum atomic E-state index is -0.840. The quantitative estimate of drug-likeness (QED) is 0.0616. The highest BCUT2D eigenvalue weighted by Gasteiger charge is 2.44. The maximum atomic E-state index is 7.09. The Hall–Kier alpha value is -2.76. The van der Waals surface area contributed by atoms with Crippen molar-refractivity contribution in [2.45, 2.75) is 190 Å². The van der Waals surface area contributed by atoms with Gasteiger partial charge < -0.3 is 18.4 Å². The zero-order valence-corrected chi connectivity index (χ0v) is 38.0. The number of hydrogen-bond donors (Lipinski definition) is 0. The molecular formula is C50H82BNO3. The molecule has 0 saturated heterocycles. The van der Waals surface area contributed by atoms with E-state index in [9.17, 15) is 0 Å². The molecule has 0 saturated carbocycles. The van der Waals surface area contributed by atoms with Crippen LogP contribution in [0.2, 0.25) is 0 Å². The molecule has 0 amide bonds. The Morgan fingerprint density at radius 2 is 0.873 bits per heavy atom. The fourth-order valence-electron chi connectivity index (χ4n) is 7.39. The molecule has 0 spiro atoms. The van der Waals surface area contributed by atoms with Crippen molar-refractivity contribution in [1.29, 1.82) is 0 Å². The molecular weight excluding hydrogens is 673 g/mol. The minimum absolute atomic E-state index is 0.0354. The van der Waals surface area contributed by atoms with Gasteiger partial charge >= 0.3 is 7.32 Å². The molecule has 5 heteroatoms. The van der Waals surface area contributed by atoms with Crippen LogP contribution in [0.5, 0.6) is 11.5 Å². The van der Waals surface area contributed by atoms with Gasteiger partial charge in [-0.3, -0.25) is 0 Å². The first-order valence-electron chi connectivity index (χ1n) is 22.0. The first kappa shape index (κ1) is 48.4. The van der Waals surface area contributed by atoms with Crippen LogP contribution in [0.1, 0.15) is 178 Å². The standard InChI is InChI=1S/C40H69BNO3.C10H13/c1-12-17-30-42(31-18-13-2,32-19-14-3)37(20-15-4)38(21-16-5)45-41(43-35-26-22-33(23-27-35)39(6,7)8)44-36-28-24-34(25-29-36)40(9,10)11;1-10(2,3)9-7-5-4-6-8-9/h22-29,37-38H,12-21,30-32H2,1-11H3;5-8H,1-3H3/q+1;-1. The van der Waals surface area contributed by atoms with Crippen LogP contribution in [0.4, 0.5) is 0 Å². The summed E-state index contributed by atoms with van der Waals surface area (Å²) in [4.78, 5) is 0. The van der Waals surface area contributed by atoms with Crippen molar-refractivity contribution in [3.8, 4) is 11.5 Å². The smallest absolute Gasteiger partial charge is 0.501 e. The largest absolute Gasteiger partial charge is 0.788 e. The van der Waals surface area contributed by atoms with Crippen LogP contribution in [0.3, 0.4) is 0 Å². The summed E-state index contributed by atoms with van der Waals surface area (Å²) in [5.41, 5.74) is 4.36. The Bertz CT molecular complexity index is 1340. The van der Waals surface area contributed by atoms with E-state index in [-0.39, 0.29) is 22.3 Å². The number of nitrogens with zero attached hydrogens (tertiary/aromatic N) is 1. The van der Waals surface area contributed by atoms with E-state index in [0.29, 0.717) is 6.04 Å². The van der Waals surface area contributed by atoms with Crippen molar-refractivity contribution in [3.05, 3.63) is 95.6 Å². The summed E-state index contributed by atoms with van der Waals surface area (Å²) in [7, 11) is -0.840. The number of quaternary nitrogens is 1. The van der Waals surface area contributed by atoms with Crippen LogP contribution in [-0.4, -0.2) is 43.6 Å². The van der Waals surface area contributed by atoms with Gasteiger partial charge in [-0.25, -0.2) is 0 Å². The highest BCUT2D eigenvalue weighted by atomic mass is 16.7. The van der Waals surface area contributed by atoms with E-state index in [1.807, 2.05) is 12.1 Å². The van der Waals surface area contributed by atoms with E-state index in [4.69, 9.17) is 14.0 Å². The van der Waals surface area contributed by atoms with Crippen molar-refractivity contribution in [2.24, 2.45) is 0 Å². The Kier molecular flexibility index (Phi) is 20.7. The summed E-state index contributed by atoms with van der Waals surface area (Å²) >= 11 is 0. The zero-order valence-electron chi connectivity index (χ0n) is 38.0. The molecule has 2 atom stereocenters. The fraction of sp³-hybridized carbons (Fsp3) is 0.640. The lowest BCUT2D eigenvalue weighted by Crippen LogP contribution is -2.62. The summed E-state index contributed by atoms with van der Waals surface area (Å²) in [6.07, 6.45) is 11.8. The van der Waals surface area contributed by atoms with Gasteiger partial charge in [0.2, 0.25) is 0 Å². The Balaban J connectivity index is 0.000000900. The second-order valence-electron chi connectivity index (χ2n) is 18.9. The van der Waals surface area contributed by atoms with Crippen LogP contribution in [0.15, 0.2) is 72.8 Å². The highest BCUT2D eigenvalue weighted by molar-refractivity contribution is 6.38. The maximum absolute atomic E-state index is 7.09. The van der Waals surface area contributed by atoms with Gasteiger partial charge in [0.1, 0.15) is 17.5 Å². The molecule has 0 radical (unpaired) electrons. The predicted octanol–water partition coefficient (Wildman–Crippen LogP) is 14.1. The van der Waals surface area contributed by atoms with Crippen molar-refractivity contribution in [2.75, 3.05) is 19.6 Å². The van der Waals surface area contributed by atoms with Crippen LogP contribution < -0.4 is 9.31 Å². The van der Waals surface area contributed by atoms with Gasteiger partial charge in [0.25, 0.3) is 0 Å². The number of rotatable bonds is 21. The second-order valence-corrected chi connectivity index (χ2v) is 18.9. The molecule has 55 heavy (non-hydrogen) atoms. The summed E-state index contributed by atoms with van der Waals surface area (Å²) in [5, 5.41) is 0. The number of unbranched alkanes of at least 4 members (excludes halogenated alkanes) is 3. The molecule has 2 unspecified atom stereocenters. The van der Waals surface area contributed by atoms with E-state index < -0.39 is 7.32 Å². The van der Waals surface area contributed by atoms with Gasteiger partial charge in [0, 0.05) is 6.42 Å². The summed E-state index contributed by atoms with van der Waals surface area (Å²) in [6, 6.07) is 28.4. The van der Waals surface area contributed by atoms with Crippen molar-refractivity contribution in [1.82, 2.24) is 0 Å². The summed E-state index contributed by atoms with van der Waals surface area (Å²) in [6.45, 7) is 35.3. The third-order valence-electron chi connectivity index (χ3n) is 10.9. The van der Waals surface area contributed by atoms with Crippen LogP contribution in [0, 0.1) is 6.07 Å². The van der Waals surface area contributed by atoms with E-state index in [1.54, 1.807) is 0 Å². The van der Waals surface area contributed by atoms with Crippen molar-refractivity contribution >= 4 is 7.32 Å². The second kappa shape index (κ2) is 23.5. The minimum Gasteiger partial charge on any atom is -0.501 e. The number of hydrogen-bond acceptors (Lipinski definition) is 3. The lowest BCUT2D eigenvalue weighted by molar-refractivity contribution is -0.955. The molecule has 4 nitrogen and oxygen atoms in total. The normalized spacial score (nSPS) is 13.4. The molecule has 0 aliphatic heterocycles. The molecule has 308 valence electrons. The van der Waals surface area contributed by atoms with Crippen LogP contribution in [0.25, 0.3) is 0 Å². The molecule has 3 rings (SSSR count). The third-order valence-corrected chi connectivity index (χ3v) is 10.9. The monoisotopic (exact) mass is 756 g/mol. The Labute approximate surface area is 340 Å². The first-order chi connectivity index (χ1) is 25.9. The Morgan fingerprint density at radius 3 is 1.18 bits per heavy atom. The fourth-order valence-corrected chi connectivity index (χ4v) is 7.39. The molecule has 0 aromatic heterocycles. The van der Waals surface area contributed by atoms with Crippen molar-refractivity contribution < 1.29 is 18.4 Å². The van der Waals surface area contributed by atoms with E-state index >= 15 is 0 Å². The van der Waals surface area contributed by atoms with E-state index in [1.165, 1.54) is 74.8 Å². The molecule has 0 bridgehead atoms. The van der Waals surface area contributed by atoms with Crippen LogP contribution in [-0.2, 0) is 20.9 Å². The predicted molar refractivity (Wildman–Crippen MR) is 239 cm³/mol. The summed E-state index contributed by atoms with van der Waals surface area (Å²) < 4.78 is 21.4. The lowest BCUT2D eigenvalue weighted by Gasteiger charge is -2.48. The molecule has 0 aliphatic rings. The van der Waals surface area contributed by atoms with Crippen LogP contribution >= 0.6 is 0 Å². The topological polar surface area (TPSA) is 27.7 Å². The molecule has 3 aromatic rings. The molecule has 3 aromatic carbocycles. The van der Waals surface area contributed by atoms with Gasteiger partial charge in [-0.1, -0.05) is 153 Å².